The van der Waals surface area contributed by atoms with E-state index in [9.17, 15) is 4.79 Å². The maximum absolute atomic E-state index is 12.6. The number of hydrogen-bond acceptors (Lipinski definition) is 3. The summed E-state index contributed by atoms with van der Waals surface area (Å²) >= 11 is 0. The van der Waals surface area contributed by atoms with Crippen molar-refractivity contribution < 1.29 is 9.21 Å². The molecule has 1 unspecified atom stereocenters. The smallest absolute Gasteiger partial charge is 0.179 e. The lowest BCUT2D eigenvalue weighted by Crippen LogP contribution is -2.37. The molecule has 0 N–H and O–H groups in total. The fourth-order valence-corrected chi connectivity index (χ4v) is 2.45. The van der Waals surface area contributed by atoms with E-state index in [0.717, 1.165) is 29.9 Å². The highest BCUT2D eigenvalue weighted by molar-refractivity contribution is 6.00. The number of carbonyl (C=O) groups excluding carboxylic acids is 1. The normalized spacial score (nSPS) is 12.6. The monoisotopic (exact) mass is 271 g/mol. The van der Waals surface area contributed by atoms with Crippen LogP contribution in [0.5, 0.6) is 0 Å². The van der Waals surface area contributed by atoms with E-state index in [0.29, 0.717) is 0 Å². The summed E-state index contributed by atoms with van der Waals surface area (Å²) in [7, 11) is 1.99. The molecule has 1 aromatic heterocycles. The van der Waals surface area contributed by atoms with Gasteiger partial charge in [-0.15, -0.1) is 0 Å². The van der Waals surface area contributed by atoms with Crippen LogP contribution >= 0.6 is 0 Å². The Labute approximate surface area is 120 Å². The Morgan fingerprint density at radius 2 is 1.95 bits per heavy atom. The molecule has 106 valence electrons. The second-order valence-electron chi connectivity index (χ2n) is 5.07. The number of nitrogens with zero attached hydrogens (tertiary/aromatic N) is 1. The van der Waals surface area contributed by atoms with Gasteiger partial charge in [-0.2, -0.15) is 0 Å². The van der Waals surface area contributed by atoms with Gasteiger partial charge in [0.1, 0.15) is 5.76 Å². The van der Waals surface area contributed by atoms with Gasteiger partial charge in [0.25, 0.3) is 0 Å². The molecule has 0 aliphatic carbocycles. The number of benzene rings is 1. The number of hydrogen-bond donors (Lipinski definition) is 0. The molecular weight excluding hydrogens is 250 g/mol. The van der Waals surface area contributed by atoms with Gasteiger partial charge in [0, 0.05) is 17.7 Å². The molecule has 0 amide bonds. The largest absolute Gasteiger partial charge is 0.469 e. The van der Waals surface area contributed by atoms with E-state index in [1.807, 2.05) is 57.3 Å². The van der Waals surface area contributed by atoms with Crippen LogP contribution in [0.15, 0.2) is 47.1 Å². The molecule has 0 saturated heterocycles. The average molecular weight is 271 g/mol. The van der Waals surface area contributed by atoms with Crippen LogP contribution in [0, 0.1) is 6.92 Å². The summed E-state index contributed by atoms with van der Waals surface area (Å²) in [5.41, 5.74) is 1.90. The van der Waals surface area contributed by atoms with Crippen LogP contribution in [0.25, 0.3) is 0 Å². The van der Waals surface area contributed by atoms with E-state index in [1.54, 1.807) is 6.26 Å². The lowest BCUT2D eigenvalue weighted by molar-refractivity contribution is 0.0838. The van der Waals surface area contributed by atoms with E-state index in [1.165, 1.54) is 0 Å². The van der Waals surface area contributed by atoms with Crippen LogP contribution in [0.3, 0.4) is 0 Å². The van der Waals surface area contributed by atoms with E-state index < -0.39 is 0 Å². The number of likely N-dealkylation sites (N-methyl/N-ethyl adjacent to an activating group) is 1. The quantitative estimate of drug-likeness (QED) is 0.751. The predicted molar refractivity (Wildman–Crippen MR) is 79.8 cm³/mol. The topological polar surface area (TPSA) is 33.5 Å². The molecule has 0 spiro atoms. The van der Waals surface area contributed by atoms with Gasteiger partial charge in [0.15, 0.2) is 5.78 Å². The van der Waals surface area contributed by atoms with Crippen molar-refractivity contribution in [3.05, 3.63) is 59.5 Å². The van der Waals surface area contributed by atoms with Crippen LogP contribution in [0.4, 0.5) is 0 Å². The summed E-state index contributed by atoms with van der Waals surface area (Å²) in [6, 6.07) is 11.3. The Hall–Kier alpha value is -1.87. The number of furan rings is 1. The first-order valence-electron chi connectivity index (χ1n) is 6.96. The van der Waals surface area contributed by atoms with Crippen molar-refractivity contribution in [1.29, 1.82) is 0 Å². The van der Waals surface area contributed by atoms with Crippen molar-refractivity contribution in [3.63, 3.8) is 0 Å². The second-order valence-corrected chi connectivity index (χ2v) is 5.07. The first-order chi connectivity index (χ1) is 9.63. The van der Waals surface area contributed by atoms with Gasteiger partial charge in [-0.05, 0) is 26.5 Å². The third-order valence-corrected chi connectivity index (χ3v) is 3.67. The van der Waals surface area contributed by atoms with E-state index >= 15 is 0 Å². The number of ketones is 1. The van der Waals surface area contributed by atoms with Gasteiger partial charge in [0.05, 0.1) is 12.3 Å². The minimum atomic E-state index is -0.105. The molecule has 2 aromatic rings. The van der Waals surface area contributed by atoms with Gasteiger partial charge in [0.2, 0.25) is 0 Å². The van der Waals surface area contributed by atoms with Gasteiger partial charge < -0.3 is 4.42 Å². The zero-order valence-electron chi connectivity index (χ0n) is 12.3. The molecule has 0 fully saturated rings. The molecule has 0 bridgehead atoms. The second kappa shape index (κ2) is 6.53. The first kappa shape index (κ1) is 14.5. The van der Waals surface area contributed by atoms with E-state index in [4.69, 9.17) is 4.42 Å². The van der Waals surface area contributed by atoms with Crippen LogP contribution in [-0.4, -0.2) is 23.8 Å². The Bertz CT molecular complexity index is 559. The molecule has 1 atom stereocenters. The van der Waals surface area contributed by atoms with Gasteiger partial charge >= 0.3 is 0 Å². The summed E-state index contributed by atoms with van der Waals surface area (Å²) in [6.45, 7) is 4.72. The SMILES string of the molecule is CCC(C(=O)c1ccccc1)N(C)Cc1ccoc1C. The highest BCUT2D eigenvalue weighted by Crippen LogP contribution is 2.16. The van der Waals surface area contributed by atoms with Crippen molar-refractivity contribution in [2.24, 2.45) is 0 Å². The fraction of sp³-hybridized carbons (Fsp3) is 0.353. The van der Waals surface area contributed by atoms with Crippen molar-refractivity contribution in [2.75, 3.05) is 7.05 Å². The van der Waals surface area contributed by atoms with Gasteiger partial charge in [-0.1, -0.05) is 37.3 Å². The van der Waals surface area contributed by atoms with Crippen LogP contribution < -0.4 is 0 Å². The van der Waals surface area contributed by atoms with Gasteiger partial charge in [-0.25, -0.2) is 0 Å². The Morgan fingerprint density at radius 3 is 2.50 bits per heavy atom. The minimum Gasteiger partial charge on any atom is -0.469 e. The van der Waals surface area contributed by atoms with E-state index in [2.05, 4.69) is 4.90 Å². The summed E-state index contributed by atoms with van der Waals surface area (Å²) in [6.07, 6.45) is 2.49. The molecular formula is C17H21NO2. The average Bonchev–Trinajstić information content (AvgIpc) is 2.86. The Kier molecular flexibility index (Phi) is 4.74. The number of carbonyl (C=O) groups is 1. The first-order valence-corrected chi connectivity index (χ1v) is 6.96. The molecule has 2 rings (SSSR count). The minimum absolute atomic E-state index is 0.105. The summed E-state index contributed by atoms with van der Waals surface area (Å²) in [4.78, 5) is 14.7. The van der Waals surface area contributed by atoms with E-state index in [-0.39, 0.29) is 11.8 Å². The molecule has 1 heterocycles. The molecule has 1 aromatic carbocycles. The molecule has 3 nitrogen and oxygen atoms in total. The lowest BCUT2D eigenvalue weighted by Gasteiger charge is -2.25. The molecule has 0 aliphatic rings. The van der Waals surface area contributed by atoms with Crippen LogP contribution in [0.2, 0.25) is 0 Å². The maximum Gasteiger partial charge on any atom is 0.179 e. The third kappa shape index (κ3) is 3.17. The number of Topliss-reactive ketones (excluding diaryl/α,β-unsaturated/α-hetero) is 1. The van der Waals surface area contributed by atoms with Crippen molar-refractivity contribution in [2.45, 2.75) is 32.9 Å². The standard InChI is InChI=1S/C17H21NO2/c1-4-16(17(19)14-8-6-5-7-9-14)18(3)12-15-10-11-20-13(15)2/h5-11,16H,4,12H2,1-3H3. The van der Waals surface area contributed by atoms with Crippen LogP contribution in [-0.2, 0) is 6.54 Å². The molecule has 0 radical (unpaired) electrons. The Morgan fingerprint density at radius 1 is 1.25 bits per heavy atom. The zero-order chi connectivity index (χ0) is 14.5. The molecule has 3 heteroatoms. The molecule has 0 aliphatic heterocycles. The zero-order valence-corrected chi connectivity index (χ0v) is 12.3. The van der Waals surface area contributed by atoms with Crippen LogP contribution in [0.1, 0.15) is 35.0 Å². The van der Waals surface area contributed by atoms with Crippen molar-refractivity contribution >= 4 is 5.78 Å². The molecule has 0 saturated carbocycles. The predicted octanol–water partition coefficient (Wildman–Crippen LogP) is 3.68. The summed E-state index contributed by atoms with van der Waals surface area (Å²) < 4.78 is 5.31. The fourth-order valence-electron chi connectivity index (χ4n) is 2.45. The Balaban J connectivity index is 2.11. The van der Waals surface area contributed by atoms with Gasteiger partial charge in [-0.3, -0.25) is 9.69 Å². The third-order valence-electron chi connectivity index (χ3n) is 3.67. The van der Waals surface area contributed by atoms with Crippen molar-refractivity contribution in [3.8, 4) is 0 Å². The molecule has 20 heavy (non-hydrogen) atoms. The lowest BCUT2D eigenvalue weighted by atomic mass is 10.0. The summed E-state index contributed by atoms with van der Waals surface area (Å²) in [5.74, 6) is 1.09. The maximum atomic E-state index is 12.6. The highest BCUT2D eigenvalue weighted by atomic mass is 16.3. The number of aryl methyl sites for hydroxylation is 1. The summed E-state index contributed by atoms with van der Waals surface area (Å²) in [5, 5.41) is 0. The highest BCUT2D eigenvalue weighted by Gasteiger charge is 2.23. The number of rotatable bonds is 6. The van der Waals surface area contributed by atoms with Crippen molar-refractivity contribution in [1.82, 2.24) is 4.90 Å².